The van der Waals surface area contributed by atoms with Gasteiger partial charge in [0.25, 0.3) is 0 Å². The molecule has 0 aromatic heterocycles. The van der Waals surface area contributed by atoms with E-state index in [9.17, 15) is 14.0 Å². The number of piperidine rings is 1. The molecule has 1 aromatic rings. The summed E-state index contributed by atoms with van der Waals surface area (Å²) in [5, 5.41) is 2.60. The highest BCUT2D eigenvalue weighted by Crippen LogP contribution is 2.25. The van der Waals surface area contributed by atoms with Crippen LogP contribution in [-0.2, 0) is 4.79 Å². The summed E-state index contributed by atoms with van der Waals surface area (Å²) in [5.74, 6) is -0.577. The van der Waals surface area contributed by atoms with E-state index < -0.39 is 5.82 Å². The SMILES string of the molecule is Cl.NCC1CCCN1C(=O)C1CCCN(C(=O)Nc2ccccc2F)C1. The van der Waals surface area contributed by atoms with E-state index in [1.165, 1.54) is 12.1 Å². The highest BCUT2D eigenvalue weighted by atomic mass is 35.5. The number of amides is 3. The third-order valence-electron chi connectivity index (χ3n) is 5.11. The lowest BCUT2D eigenvalue weighted by atomic mass is 9.96. The molecule has 0 aliphatic carbocycles. The van der Waals surface area contributed by atoms with E-state index in [0.29, 0.717) is 19.6 Å². The maximum atomic E-state index is 13.7. The molecule has 2 saturated heterocycles. The summed E-state index contributed by atoms with van der Waals surface area (Å²) < 4.78 is 13.7. The van der Waals surface area contributed by atoms with Crippen molar-refractivity contribution in [1.82, 2.24) is 9.80 Å². The Morgan fingerprint density at radius 3 is 2.65 bits per heavy atom. The quantitative estimate of drug-likeness (QED) is 0.840. The van der Waals surface area contributed by atoms with Crippen molar-refractivity contribution >= 4 is 30.0 Å². The van der Waals surface area contributed by atoms with Crippen LogP contribution in [0.4, 0.5) is 14.9 Å². The molecular formula is C18H26ClFN4O2. The summed E-state index contributed by atoms with van der Waals surface area (Å²) in [5.41, 5.74) is 5.92. The van der Waals surface area contributed by atoms with Gasteiger partial charge in [-0.25, -0.2) is 9.18 Å². The van der Waals surface area contributed by atoms with E-state index in [1.54, 1.807) is 17.0 Å². The number of halogens is 2. The van der Waals surface area contributed by atoms with Crippen LogP contribution in [0.15, 0.2) is 24.3 Å². The van der Waals surface area contributed by atoms with Gasteiger partial charge in [0.05, 0.1) is 11.6 Å². The number of anilines is 1. The van der Waals surface area contributed by atoms with Crippen LogP contribution in [0.1, 0.15) is 25.7 Å². The minimum Gasteiger partial charge on any atom is -0.338 e. The zero-order valence-electron chi connectivity index (χ0n) is 14.7. The summed E-state index contributed by atoms with van der Waals surface area (Å²) in [4.78, 5) is 28.7. The predicted octanol–water partition coefficient (Wildman–Crippen LogP) is 2.44. The Balaban J connectivity index is 0.00000243. The van der Waals surface area contributed by atoms with Crippen molar-refractivity contribution in [1.29, 1.82) is 0 Å². The Morgan fingerprint density at radius 1 is 1.19 bits per heavy atom. The standard InChI is InChI=1S/C18H25FN4O2.ClH/c19-15-7-1-2-8-16(15)21-18(25)22-9-3-5-13(12-22)17(24)23-10-4-6-14(23)11-20;/h1-2,7-8,13-14H,3-6,9-12,20H2,(H,21,25);1H. The first-order valence-corrected chi connectivity index (χ1v) is 8.91. The number of nitrogens with zero attached hydrogens (tertiary/aromatic N) is 2. The first kappa shape index (κ1) is 20.5. The van der Waals surface area contributed by atoms with Crippen molar-refractivity contribution in [2.75, 3.05) is 31.5 Å². The summed E-state index contributed by atoms with van der Waals surface area (Å²) in [6, 6.07) is 5.83. The summed E-state index contributed by atoms with van der Waals surface area (Å²) in [6.45, 7) is 2.17. The monoisotopic (exact) mass is 384 g/mol. The maximum absolute atomic E-state index is 13.7. The second-order valence-corrected chi connectivity index (χ2v) is 6.76. The summed E-state index contributed by atoms with van der Waals surface area (Å²) in [7, 11) is 0. The van der Waals surface area contributed by atoms with Gasteiger partial charge in [0.15, 0.2) is 0 Å². The Hall–Kier alpha value is -1.86. The molecule has 1 aromatic carbocycles. The molecule has 0 radical (unpaired) electrons. The summed E-state index contributed by atoms with van der Waals surface area (Å²) in [6.07, 6.45) is 3.47. The average molecular weight is 385 g/mol. The lowest BCUT2D eigenvalue weighted by Crippen LogP contribution is -2.50. The van der Waals surface area contributed by atoms with E-state index >= 15 is 0 Å². The molecule has 6 nitrogen and oxygen atoms in total. The summed E-state index contributed by atoms with van der Waals surface area (Å²) >= 11 is 0. The van der Waals surface area contributed by atoms with Gasteiger partial charge >= 0.3 is 6.03 Å². The molecule has 26 heavy (non-hydrogen) atoms. The average Bonchev–Trinajstić information content (AvgIpc) is 3.12. The number of carbonyl (C=O) groups excluding carboxylic acids is 2. The van der Waals surface area contributed by atoms with Gasteiger partial charge in [-0.1, -0.05) is 12.1 Å². The number of urea groups is 1. The fourth-order valence-corrected chi connectivity index (χ4v) is 3.73. The molecule has 0 bridgehead atoms. The largest absolute Gasteiger partial charge is 0.338 e. The molecule has 3 rings (SSSR count). The van der Waals surface area contributed by atoms with Crippen LogP contribution in [0, 0.1) is 11.7 Å². The van der Waals surface area contributed by atoms with Gasteiger partial charge in [-0.2, -0.15) is 0 Å². The molecule has 144 valence electrons. The van der Waals surface area contributed by atoms with E-state index in [1.807, 2.05) is 4.90 Å². The topological polar surface area (TPSA) is 78.7 Å². The second-order valence-electron chi connectivity index (χ2n) is 6.76. The number of nitrogens with two attached hydrogens (primary N) is 1. The minimum absolute atomic E-state index is 0. The van der Waals surface area contributed by atoms with Crippen molar-refractivity contribution in [2.24, 2.45) is 11.7 Å². The fourth-order valence-electron chi connectivity index (χ4n) is 3.73. The predicted molar refractivity (Wildman–Crippen MR) is 101 cm³/mol. The van der Waals surface area contributed by atoms with E-state index in [0.717, 1.165) is 32.2 Å². The highest BCUT2D eigenvalue weighted by Gasteiger charge is 2.35. The van der Waals surface area contributed by atoms with Crippen LogP contribution in [0.2, 0.25) is 0 Å². The highest BCUT2D eigenvalue weighted by molar-refractivity contribution is 5.90. The Kier molecular flexibility index (Phi) is 7.23. The number of hydrogen-bond donors (Lipinski definition) is 2. The fraction of sp³-hybridized carbons (Fsp3) is 0.556. The van der Waals surface area contributed by atoms with Crippen molar-refractivity contribution in [3.8, 4) is 0 Å². The van der Waals surface area contributed by atoms with Gasteiger partial charge in [-0.3, -0.25) is 4.79 Å². The van der Waals surface area contributed by atoms with Crippen molar-refractivity contribution < 1.29 is 14.0 Å². The molecule has 2 aliphatic rings. The molecule has 2 atom stereocenters. The Labute approximate surface area is 159 Å². The van der Waals surface area contributed by atoms with Gasteiger partial charge in [0.2, 0.25) is 5.91 Å². The molecule has 2 aliphatic heterocycles. The molecule has 0 saturated carbocycles. The van der Waals surface area contributed by atoms with Gasteiger partial charge in [0.1, 0.15) is 5.82 Å². The minimum atomic E-state index is -0.469. The first-order chi connectivity index (χ1) is 12.1. The molecule has 2 fully saturated rings. The van der Waals surface area contributed by atoms with Crippen LogP contribution in [0.3, 0.4) is 0 Å². The maximum Gasteiger partial charge on any atom is 0.321 e. The van der Waals surface area contributed by atoms with E-state index in [4.69, 9.17) is 5.73 Å². The zero-order chi connectivity index (χ0) is 17.8. The number of likely N-dealkylation sites (tertiary alicyclic amines) is 2. The number of hydrogen-bond acceptors (Lipinski definition) is 3. The number of para-hydroxylation sites is 1. The first-order valence-electron chi connectivity index (χ1n) is 8.91. The van der Waals surface area contributed by atoms with Crippen molar-refractivity contribution in [2.45, 2.75) is 31.7 Å². The third kappa shape index (κ3) is 4.45. The molecule has 2 heterocycles. The normalized spacial score (nSPS) is 22.7. The molecule has 2 unspecified atom stereocenters. The molecule has 8 heteroatoms. The number of benzene rings is 1. The van der Waals surface area contributed by atoms with Gasteiger partial charge in [-0.15, -0.1) is 12.4 Å². The molecule has 3 amide bonds. The van der Waals surface area contributed by atoms with Crippen LogP contribution < -0.4 is 11.1 Å². The lowest BCUT2D eigenvalue weighted by Gasteiger charge is -2.35. The van der Waals surface area contributed by atoms with Crippen LogP contribution in [0.5, 0.6) is 0 Å². The molecular weight excluding hydrogens is 359 g/mol. The van der Waals surface area contributed by atoms with Gasteiger partial charge < -0.3 is 20.9 Å². The number of carbonyl (C=O) groups is 2. The Bertz CT molecular complexity index is 645. The van der Waals surface area contributed by atoms with Gasteiger partial charge in [-0.05, 0) is 37.8 Å². The molecule has 0 spiro atoms. The smallest absolute Gasteiger partial charge is 0.321 e. The second kappa shape index (κ2) is 9.19. The van der Waals surface area contributed by atoms with Crippen molar-refractivity contribution in [3.63, 3.8) is 0 Å². The van der Waals surface area contributed by atoms with E-state index in [2.05, 4.69) is 5.32 Å². The lowest BCUT2D eigenvalue weighted by molar-refractivity contribution is -0.137. The Morgan fingerprint density at radius 2 is 1.92 bits per heavy atom. The zero-order valence-corrected chi connectivity index (χ0v) is 15.5. The molecule has 3 N–H and O–H groups in total. The van der Waals surface area contributed by atoms with Crippen LogP contribution >= 0.6 is 12.4 Å². The van der Waals surface area contributed by atoms with E-state index in [-0.39, 0.29) is 42.0 Å². The van der Waals surface area contributed by atoms with Crippen LogP contribution in [0.25, 0.3) is 0 Å². The number of nitrogens with one attached hydrogen (secondary N) is 1. The van der Waals surface area contributed by atoms with Crippen LogP contribution in [-0.4, -0.2) is 54.0 Å². The van der Waals surface area contributed by atoms with Crippen molar-refractivity contribution in [3.05, 3.63) is 30.1 Å². The third-order valence-corrected chi connectivity index (χ3v) is 5.11. The number of rotatable bonds is 3. The van der Waals surface area contributed by atoms with Gasteiger partial charge in [0, 0.05) is 32.2 Å².